The zero-order chi connectivity index (χ0) is 9.10. The van der Waals surface area contributed by atoms with Gasteiger partial charge in [0.2, 0.25) is 0 Å². The van der Waals surface area contributed by atoms with E-state index < -0.39 is 0 Å². The minimum absolute atomic E-state index is 0.800. The topological polar surface area (TPSA) is 24.4 Å². The van der Waals surface area contributed by atoms with Crippen LogP contribution in [0.5, 0.6) is 0 Å². The molecule has 0 amide bonds. The van der Waals surface area contributed by atoms with Gasteiger partial charge in [-0.2, -0.15) is 0 Å². The largest absolute Gasteiger partial charge is 0.333 e. The second-order valence-corrected chi connectivity index (χ2v) is 5.22. The van der Waals surface area contributed by atoms with Crippen molar-refractivity contribution in [2.24, 2.45) is 4.99 Å². The molecule has 0 unspecified atom stereocenters. The first-order valence-corrected chi connectivity index (χ1v) is 6.28. The van der Waals surface area contributed by atoms with E-state index in [1.807, 2.05) is 11.4 Å². The van der Waals surface area contributed by atoms with Crippen molar-refractivity contribution in [3.05, 3.63) is 15.8 Å². The lowest BCUT2D eigenvalue weighted by Crippen LogP contribution is -2.12. The van der Waals surface area contributed by atoms with Crippen LogP contribution in [-0.4, -0.2) is 17.5 Å². The molecule has 0 spiro atoms. The molecule has 0 atom stereocenters. The van der Waals surface area contributed by atoms with Crippen molar-refractivity contribution in [1.82, 2.24) is 0 Å². The number of nitrogens with one attached hydrogen (secondary N) is 1. The van der Waals surface area contributed by atoms with E-state index in [1.54, 1.807) is 11.8 Å². The molecule has 0 saturated carbocycles. The lowest BCUT2D eigenvalue weighted by atomic mass is 10.5. The number of thioether (sulfide) groups is 1. The molecule has 0 radical (unpaired) electrons. The average molecular weight is 233 g/mol. The number of hydrogen-bond acceptors (Lipinski definition) is 4. The Morgan fingerprint density at radius 2 is 2.46 bits per heavy atom. The number of aliphatic imine (C=N–C) groups is 1. The minimum Gasteiger partial charge on any atom is -0.333 e. The van der Waals surface area contributed by atoms with Gasteiger partial charge in [0.25, 0.3) is 0 Å². The summed E-state index contributed by atoms with van der Waals surface area (Å²) in [6.45, 7) is 0.928. The molecule has 2 rings (SSSR count). The molecule has 0 fully saturated rings. The second-order valence-electron chi connectivity index (χ2n) is 2.62. The van der Waals surface area contributed by atoms with Gasteiger partial charge in [-0.05, 0) is 17.9 Å². The van der Waals surface area contributed by atoms with Gasteiger partial charge in [0.05, 0.1) is 5.69 Å². The summed E-state index contributed by atoms with van der Waals surface area (Å²) in [7, 11) is 0. The van der Waals surface area contributed by atoms with Crippen LogP contribution in [0.4, 0.5) is 5.69 Å². The molecule has 2 heterocycles. The van der Waals surface area contributed by atoms with Crippen molar-refractivity contribution in [2.75, 3.05) is 17.6 Å². The van der Waals surface area contributed by atoms with Crippen LogP contribution in [0.25, 0.3) is 0 Å². The number of amidine groups is 1. The van der Waals surface area contributed by atoms with E-state index in [0.717, 1.165) is 27.5 Å². The van der Waals surface area contributed by atoms with Crippen molar-refractivity contribution in [2.45, 2.75) is 6.42 Å². The quantitative estimate of drug-likeness (QED) is 0.804. The zero-order valence-electron chi connectivity index (χ0n) is 6.92. The van der Waals surface area contributed by atoms with Gasteiger partial charge in [-0.1, -0.05) is 23.4 Å². The summed E-state index contributed by atoms with van der Waals surface area (Å²) in [5, 5.41) is 6.18. The van der Waals surface area contributed by atoms with Crippen LogP contribution in [0.2, 0.25) is 4.34 Å². The van der Waals surface area contributed by atoms with E-state index in [4.69, 9.17) is 11.6 Å². The van der Waals surface area contributed by atoms with E-state index in [1.165, 1.54) is 17.8 Å². The Balaban J connectivity index is 2.05. The predicted molar refractivity (Wildman–Crippen MR) is 62.3 cm³/mol. The first-order chi connectivity index (χ1) is 6.36. The molecule has 1 aliphatic heterocycles. The van der Waals surface area contributed by atoms with Gasteiger partial charge >= 0.3 is 0 Å². The SMILES string of the molecule is Clc1sccc1NC1=NCCCS1. The Kier molecular flexibility index (Phi) is 3.14. The van der Waals surface area contributed by atoms with Gasteiger partial charge in [0.15, 0.2) is 5.17 Å². The van der Waals surface area contributed by atoms with Crippen molar-refractivity contribution in [3.63, 3.8) is 0 Å². The number of rotatable bonds is 1. The first kappa shape index (κ1) is 9.37. The summed E-state index contributed by atoms with van der Waals surface area (Å²) >= 11 is 9.24. The maximum atomic E-state index is 5.95. The number of hydrogen-bond donors (Lipinski definition) is 1. The average Bonchev–Trinajstić information content (AvgIpc) is 2.54. The minimum atomic E-state index is 0.800. The normalized spacial score (nSPS) is 16.8. The monoisotopic (exact) mass is 232 g/mol. The molecule has 0 saturated heterocycles. The summed E-state index contributed by atoms with van der Waals surface area (Å²) < 4.78 is 0.800. The Morgan fingerprint density at radius 3 is 3.08 bits per heavy atom. The molecule has 2 nitrogen and oxygen atoms in total. The van der Waals surface area contributed by atoms with Crippen LogP contribution >= 0.6 is 34.7 Å². The number of halogens is 1. The van der Waals surface area contributed by atoms with Crippen LogP contribution in [0, 0.1) is 0 Å². The molecule has 70 valence electrons. The zero-order valence-corrected chi connectivity index (χ0v) is 9.31. The van der Waals surface area contributed by atoms with Gasteiger partial charge in [-0.25, -0.2) is 0 Å². The third-order valence-corrected chi connectivity index (χ3v) is 3.82. The summed E-state index contributed by atoms with van der Waals surface area (Å²) in [4.78, 5) is 4.36. The van der Waals surface area contributed by atoms with Gasteiger partial charge in [0.1, 0.15) is 4.34 Å². The van der Waals surface area contributed by atoms with Crippen LogP contribution in [0.15, 0.2) is 16.4 Å². The molecule has 0 aliphatic carbocycles. The van der Waals surface area contributed by atoms with E-state index >= 15 is 0 Å². The number of thiophene rings is 1. The lowest BCUT2D eigenvalue weighted by Gasteiger charge is -2.12. The molecule has 1 aromatic heterocycles. The Morgan fingerprint density at radius 1 is 1.54 bits per heavy atom. The molecule has 13 heavy (non-hydrogen) atoms. The van der Waals surface area contributed by atoms with Crippen molar-refractivity contribution < 1.29 is 0 Å². The Labute approximate surface area is 90.4 Å². The van der Waals surface area contributed by atoms with Crippen LogP contribution in [0.1, 0.15) is 6.42 Å². The standard InChI is InChI=1S/C8H9ClN2S2/c9-7-6(2-5-12-7)11-8-10-3-1-4-13-8/h2,5H,1,3-4H2,(H,10,11). The van der Waals surface area contributed by atoms with E-state index in [2.05, 4.69) is 10.3 Å². The Hall–Kier alpha value is -0.190. The van der Waals surface area contributed by atoms with Crippen molar-refractivity contribution in [3.8, 4) is 0 Å². The second kappa shape index (κ2) is 4.35. The summed E-state index contributed by atoms with van der Waals surface area (Å²) in [5.74, 6) is 1.15. The van der Waals surface area contributed by atoms with Crippen LogP contribution in [0.3, 0.4) is 0 Å². The van der Waals surface area contributed by atoms with Gasteiger partial charge in [-0.3, -0.25) is 4.99 Å². The molecule has 1 aliphatic rings. The molecule has 1 N–H and O–H groups in total. The maximum absolute atomic E-state index is 5.95. The fourth-order valence-corrected chi connectivity index (χ4v) is 2.70. The molecule has 0 bridgehead atoms. The van der Waals surface area contributed by atoms with E-state index in [-0.39, 0.29) is 0 Å². The summed E-state index contributed by atoms with van der Waals surface area (Å²) in [6, 6.07) is 1.98. The predicted octanol–water partition coefficient (Wildman–Crippen LogP) is 3.31. The van der Waals surface area contributed by atoms with Crippen molar-refractivity contribution in [1.29, 1.82) is 0 Å². The van der Waals surface area contributed by atoms with Crippen LogP contribution in [-0.2, 0) is 0 Å². The highest BCUT2D eigenvalue weighted by molar-refractivity contribution is 8.14. The molecular formula is C8H9ClN2S2. The maximum Gasteiger partial charge on any atom is 0.161 e. The lowest BCUT2D eigenvalue weighted by molar-refractivity contribution is 0.938. The van der Waals surface area contributed by atoms with E-state index in [0.29, 0.717) is 0 Å². The van der Waals surface area contributed by atoms with Crippen LogP contribution < -0.4 is 5.32 Å². The highest BCUT2D eigenvalue weighted by Crippen LogP contribution is 2.29. The third kappa shape index (κ3) is 2.39. The highest BCUT2D eigenvalue weighted by Gasteiger charge is 2.08. The summed E-state index contributed by atoms with van der Waals surface area (Å²) in [6.07, 6.45) is 1.17. The first-order valence-electron chi connectivity index (χ1n) is 4.03. The van der Waals surface area contributed by atoms with Gasteiger partial charge < -0.3 is 5.32 Å². The fraction of sp³-hybridized carbons (Fsp3) is 0.375. The third-order valence-electron chi connectivity index (χ3n) is 1.66. The number of anilines is 1. The molecule has 1 aromatic rings. The number of nitrogens with zero attached hydrogens (tertiary/aromatic N) is 1. The van der Waals surface area contributed by atoms with E-state index in [9.17, 15) is 0 Å². The Bertz CT molecular complexity index is 322. The molecular weight excluding hydrogens is 224 g/mol. The highest BCUT2D eigenvalue weighted by atomic mass is 35.5. The summed E-state index contributed by atoms with van der Waals surface area (Å²) in [5.41, 5.74) is 0.972. The van der Waals surface area contributed by atoms with Crippen molar-refractivity contribution >= 4 is 45.6 Å². The van der Waals surface area contributed by atoms with Gasteiger partial charge in [-0.15, -0.1) is 11.3 Å². The molecule has 0 aromatic carbocycles. The molecule has 5 heteroatoms. The van der Waals surface area contributed by atoms with Gasteiger partial charge in [0, 0.05) is 12.3 Å². The fourth-order valence-electron chi connectivity index (χ4n) is 1.03. The smallest absolute Gasteiger partial charge is 0.161 e.